The van der Waals surface area contributed by atoms with E-state index in [2.05, 4.69) is 44.0 Å². The molecule has 0 aliphatic carbocycles. The van der Waals surface area contributed by atoms with Gasteiger partial charge in [-0.15, -0.1) is 0 Å². The molecule has 1 amide bonds. The number of hydrogen-bond donors (Lipinski definition) is 1. The Morgan fingerprint density at radius 2 is 1.54 bits per heavy atom. The van der Waals surface area contributed by atoms with Crippen molar-refractivity contribution in [1.29, 1.82) is 5.26 Å². The second kappa shape index (κ2) is 12.5. The summed E-state index contributed by atoms with van der Waals surface area (Å²) >= 11 is 3.54. The zero-order valence-corrected chi connectivity index (χ0v) is 24.3. The average Bonchev–Trinajstić information content (AvgIpc) is 3.36. The van der Waals surface area contributed by atoms with E-state index in [1.807, 2.05) is 98.8 Å². The molecule has 0 aliphatic heterocycles. The van der Waals surface area contributed by atoms with E-state index in [0.717, 1.165) is 38.2 Å². The second-order valence-electron chi connectivity index (χ2n) is 9.70. The second-order valence-corrected chi connectivity index (χ2v) is 10.6. The highest BCUT2D eigenvalue weighted by Crippen LogP contribution is 2.37. The van der Waals surface area contributed by atoms with Gasteiger partial charge in [-0.1, -0.05) is 82.7 Å². The summed E-state index contributed by atoms with van der Waals surface area (Å²) in [6.45, 7) is 3.88. The fourth-order valence-corrected chi connectivity index (χ4v) is 4.90. The van der Waals surface area contributed by atoms with E-state index in [1.165, 1.54) is 0 Å². The molecule has 5 nitrogen and oxygen atoms in total. The van der Waals surface area contributed by atoms with Crippen molar-refractivity contribution >= 4 is 33.6 Å². The monoisotopic (exact) mass is 601 g/mol. The molecule has 0 spiro atoms. The van der Waals surface area contributed by atoms with E-state index in [-0.39, 0.29) is 11.7 Å². The fraction of sp³-hybridized carbons (Fsp3) is 0.0857. The van der Waals surface area contributed by atoms with E-state index in [9.17, 15) is 10.1 Å². The highest BCUT2D eigenvalue weighted by Gasteiger charge is 2.20. The predicted molar refractivity (Wildman–Crippen MR) is 169 cm³/mol. The minimum atomic E-state index is -0.495. The molecule has 6 heteroatoms. The zero-order chi connectivity index (χ0) is 28.8. The number of nitriles is 1. The number of benzene rings is 4. The number of ether oxygens (including phenoxy) is 1. The maximum atomic E-state index is 13.3. The summed E-state index contributed by atoms with van der Waals surface area (Å²) in [4.78, 5) is 13.3. The van der Waals surface area contributed by atoms with Crippen LogP contribution in [0.1, 0.15) is 19.4 Å². The van der Waals surface area contributed by atoms with Crippen molar-refractivity contribution in [3.8, 4) is 40.0 Å². The van der Waals surface area contributed by atoms with Crippen molar-refractivity contribution in [2.24, 2.45) is 0 Å². The molecule has 0 aliphatic rings. The number of carbonyl (C=O) groups excluding carboxylic acids is 1. The Hall–Kier alpha value is -4.86. The van der Waals surface area contributed by atoms with Gasteiger partial charge in [0.2, 0.25) is 0 Å². The number of halogens is 1. The third-order valence-electron chi connectivity index (χ3n) is 6.36. The van der Waals surface area contributed by atoms with E-state index in [1.54, 1.807) is 24.3 Å². The minimum Gasteiger partial charge on any atom is -0.491 e. The van der Waals surface area contributed by atoms with Gasteiger partial charge in [-0.2, -0.15) is 5.26 Å². The standard InChI is InChI=1S/C35H28BrN3O2/c1-24(2)41-32-15-9-14-30(22-32)38-35(40)28(23-37)20-27-21-33(25-10-5-3-6-11-25)39(31-18-16-29(36)17-19-31)34(27)26-12-7-4-8-13-26/h3-22,24H,1-2H3,(H,38,40)/b28-20+. The number of aromatic nitrogens is 1. The molecular formula is C35H28BrN3O2. The Labute approximate surface area is 248 Å². The predicted octanol–water partition coefficient (Wildman–Crippen LogP) is 8.91. The molecule has 41 heavy (non-hydrogen) atoms. The Morgan fingerprint density at radius 3 is 2.17 bits per heavy atom. The van der Waals surface area contributed by atoms with Crippen molar-refractivity contribution in [3.05, 3.63) is 131 Å². The molecule has 1 N–H and O–H groups in total. The van der Waals surface area contributed by atoms with Gasteiger partial charge in [0.1, 0.15) is 17.4 Å². The lowest BCUT2D eigenvalue weighted by molar-refractivity contribution is -0.112. The molecule has 0 atom stereocenters. The number of amides is 1. The van der Waals surface area contributed by atoms with Crippen molar-refractivity contribution in [2.45, 2.75) is 20.0 Å². The van der Waals surface area contributed by atoms with Crippen molar-refractivity contribution in [3.63, 3.8) is 0 Å². The molecule has 1 aromatic heterocycles. The van der Waals surface area contributed by atoms with E-state index in [0.29, 0.717) is 11.4 Å². The largest absolute Gasteiger partial charge is 0.491 e. The van der Waals surface area contributed by atoms with Gasteiger partial charge in [-0.3, -0.25) is 4.79 Å². The lowest BCUT2D eigenvalue weighted by Crippen LogP contribution is -2.14. The highest BCUT2D eigenvalue weighted by molar-refractivity contribution is 9.10. The Kier molecular flexibility index (Phi) is 8.47. The van der Waals surface area contributed by atoms with Crippen LogP contribution >= 0.6 is 15.9 Å². The molecule has 1 heterocycles. The van der Waals surface area contributed by atoms with Crippen molar-refractivity contribution in [1.82, 2.24) is 4.57 Å². The van der Waals surface area contributed by atoms with Crippen LogP contribution < -0.4 is 10.1 Å². The molecule has 4 aromatic carbocycles. The van der Waals surface area contributed by atoms with Crippen LogP contribution in [0.15, 0.2) is 125 Å². The fourth-order valence-electron chi connectivity index (χ4n) is 4.63. The minimum absolute atomic E-state index is 0.000461. The molecule has 0 unspecified atom stereocenters. The third kappa shape index (κ3) is 6.49. The summed E-state index contributed by atoms with van der Waals surface area (Å²) in [5.74, 6) is 0.150. The lowest BCUT2D eigenvalue weighted by Gasteiger charge is -2.15. The maximum absolute atomic E-state index is 13.3. The van der Waals surface area contributed by atoms with E-state index in [4.69, 9.17) is 4.74 Å². The maximum Gasteiger partial charge on any atom is 0.266 e. The molecule has 5 aromatic rings. The number of rotatable bonds is 8. The van der Waals surface area contributed by atoms with E-state index < -0.39 is 5.91 Å². The SMILES string of the molecule is CC(C)Oc1cccc(NC(=O)/C(C#N)=C/c2cc(-c3ccccc3)n(-c3ccc(Br)cc3)c2-c2ccccc2)c1. The van der Waals surface area contributed by atoms with Crippen molar-refractivity contribution < 1.29 is 9.53 Å². The molecule has 0 radical (unpaired) electrons. The number of carbonyl (C=O) groups is 1. The van der Waals surface area contributed by atoms with Gasteiger partial charge in [0.25, 0.3) is 5.91 Å². The smallest absolute Gasteiger partial charge is 0.266 e. The van der Waals surface area contributed by atoms with E-state index >= 15 is 0 Å². The van der Waals surface area contributed by atoms with Crippen LogP contribution in [0, 0.1) is 11.3 Å². The molecule has 202 valence electrons. The Balaban J connectivity index is 1.65. The Morgan fingerprint density at radius 1 is 0.878 bits per heavy atom. The first-order chi connectivity index (χ1) is 19.9. The summed E-state index contributed by atoms with van der Waals surface area (Å²) in [6, 6.07) is 39.5. The summed E-state index contributed by atoms with van der Waals surface area (Å²) < 4.78 is 8.90. The van der Waals surface area contributed by atoms with Crippen LogP contribution in [0.4, 0.5) is 5.69 Å². The average molecular weight is 603 g/mol. The highest BCUT2D eigenvalue weighted by atomic mass is 79.9. The van der Waals surface area contributed by atoms with Crippen LogP contribution in [0.25, 0.3) is 34.3 Å². The number of hydrogen-bond acceptors (Lipinski definition) is 3. The molecule has 0 bridgehead atoms. The molecule has 5 rings (SSSR count). The normalized spacial score (nSPS) is 11.2. The van der Waals surface area contributed by atoms with Gasteiger partial charge in [0.15, 0.2) is 0 Å². The molecular weight excluding hydrogens is 574 g/mol. The van der Waals surface area contributed by atoms with Gasteiger partial charge in [-0.05, 0) is 73.5 Å². The first-order valence-corrected chi connectivity index (χ1v) is 14.0. The molecule has 0 fully saturated rings. The van der Waals surface area contributed by atoms with Gasteiger partial charge in [0, 0.05) is 27.5 Å². The number of anilines is 1. The summed E-state index contributed by atoms with van der Waals surface area (Å²) in [5.41, 5.74) is 6.03. The first-order valence-electron chi connectivity index (χ1n) is 13.3. The molecule has 0 saturated heterocycles. The van der Waals surface area contributed by atoms with Gasteiger partial charge >= 0.3 is 0 Å². The summed E-state index contributed by atoms with van der Waals surface area (Å²) in [6.07, 6.45) is 1.66. The molecule has 0 saturated carbocycles. The number of nitrogens with zero attached hydrogens (tertiary/aromatic N) is 2. The summed E-state index contributed by atoms with van der Waals surface area (Å²) in [5, 5.41) is 13.0. The van der Waals surface area contributed by atoms with Gasteiger partial charge in [-0.25, -0.2) is 0 Å². The van der Waals surface area contributed by atoms with Crippen LogP contribution in [0.3, 0.4) is 0 Å². The Bertz CT molecular complexity index is 1730. The quantitative estimate of drug-likeness (QED) is 0.143. The first kappa shape index (κ1) is 27.7. The number of nitrogens with one attached hydrogen (secondary N) is 1. The van der Waals surface area contributed by atoms with Gasteiger partial charge in [0.05, 0.1) is 17.5 Å². The third-order valence-corrected chi connectivity index (χ3v) is 6.89. The summed E-state index contributed by atoms with van der Waals surface area (Å²) in [7, 11) is 0. The zero-order valence-electron chi connectivity index (χ0n) is 22.7. The van der Waals surface area contributed by atoms with Crippen LogP contribution in [0.5, 0.6) is 5.75 Å². The van der Waals surface area contributed by atoms with Crippen LogP contribution in [0.2, 0.25) is 0 Å². The van der Waals surface area contributed by atoms with Crippen LogP contribution in [-0.2, 0) is 4.79 Å². The van der Waals surface area contributed by atoms with Crippen molar-refractivity contribution in [2.75, 3.05) is 5.32 Å². The van der Waals surface area contributed by atoms with Crippen LogP contribution in [-0.4, -0.2) is 16.6 Å². The van der Waals surface area contributed by atoms with Gasteiger partial charge < -0.3 is 14.6 Å². The topological polar surface area (TPSA) is 67.0 Å². The lowest BCUT2D eigenvalue weighted by atomic mass is 10.0.